The number of carbonyl (C=O) groups excluding carboxylic acids is 1. The van der Waals surface area contributed by atoms with E-state index < -0.39 is 62.6 Å². The number of aromatic nitrogens is 1. The van der Waals surface area contributed by atoms with Gasteiger partial charge in [-0.3, -0.25) is 0 Å². The van der Waals surface area contributed by atoms with E-state index in [-0.39, 0.29) is 18.5 Å². The van der Waals surface area contributed by atoms with Crippen LogP contribution >= 0.6 is 0 Å². The van der Waals surface area contributed by atoms with Crippen molar-refractivity contribution >= 4 is 5.97 Å². The Labute approximate surface area is 191 Å². The van der Waals surface area contributed by atoms with Gasteiger partial charge in [0.05, 0.1) is 5.41 Å². The second-order valence-electron chi connectivity index (χ2n) is 11.4. The first kappa shape index (κ1) is 21.8. The smallest absolute Gasteiger partial charge is 0.355 e. The summed E-state index contributed by atoms with van der Waals surface area (Å²) in [7, 11) is 0. The molecule has 0 aromatic carbocycles. The van der Waals surface area contributed by atoms with Crippen LogP contribution in [0.3, 0.4) is 0 Å². The molecule has 7 rings (SSSR count). The van der Waals surface area contributed by atoms with Crippen molar-refractivity contribution in [2.24, 2.45) is 16.7 Å². The number of ether oxygens (including phenoxy) is 2. The van der Waals surface area contributed by atoms with Crippen LogP contribution in [0.15, 0.2) is 30.5 Å². The molecule has 6 N–H and O–H groups in total. The highest BCUT2D eigenvalue weighted by Crippen LogP contribution is 2.89. The van der Waals surface area contributed by atoms with Crippen molar-refractivity contribution in [1.29, 1.82) is 0 Å². The first-order valence-corrected chi connectivity index (χ1v) is 11.5. The molecule has 180 valence electrons. The summed E-state index contributed by atoms with van der Waals surface area (Å²) in [6.45, 7) is 6.38. The number of hydrogen-bond acceptors (Lipinski definition) is 8. The summed E-state index contributed by atoms with van der Waals surface area (Å²) in [6, 6.07) is 3.11. The van der Waals surface area contributed by atoms with Gasteiger partial charge in [0.1, 0.15) is 28.1 Å². The topological polar surface area (TPSA) is 152 Å². The fourth-order valence-corrected chi connectivity index (χ4v) is 8.88. The molecule has 9 heteroatoms. The van der Waals surface area contributed by atoms with Crippen LogP contribution in [-0.4, -0.2) is 76.4 Å². The minimum Gasteiger partial charge on any atom is -0.451 e. The molecule has 33 heavy (non-hydrogen) atoms. The normalized spacial score (nSPS) is 57.7. The molecule has 0 radical (unpaired) electrons. The van der Waals surface area contributed by atoms with Crippen LogP contribution in [-0.2, 0) is 9.47 Å². The zero-order chi connectivity index (χ0) is 24.1. The van der Waals surface area contributed by atoms with E-state index in [1.54, 1.807) is 39.1 Å². The van der Waals surface area contributed by atoms with E-state index in [1.165, 1.54) is 19.1 Å². The molecule has 3 saturated carbocycles. The van der Waals surface area contributed by atoms with Crippen molar-refractivity contribution < 1.29 is 39.8 Å². The van der Waals surface area contributed by atoms with E-state index in [2.05, 4.69) is 4.98 Å². The third-order valence-corrected chi connectivity index (χ3v) is 10.4. The number of rotatable bonds is 3. The standard InChI is InChI=1S/C24H31NO8/c1-13(2)22(29)16(32-15(26)14-8-7-11-25-14)23(30)17(3)12-21(28)18(22,4)24(23,31)20(33-21)10-6-5-9-19(17,20)27/h6-8,10-11,13,16,25,27-31H,5,9,12H2,1-4H3/t16-,17+,18-,19+,20-,21+,22-,23-,24+/m1/s1. The molecule has 6 aliphatic rings. The van der Waals surface area contributed by atoms with Gasteiger partial charge in [0.2, 0.25) is 0 Å². The van der Waals surface area contributed by atoms with E-state index in [9.17, 15) is 30.3 Å². The average molecular weight is 462 g/mol. The van der Waals surface area contributed by atoms with Crippen molar-refractivity contribution in [3.63, 3.8) is 0 Å². The van der Waals surface area contributed by atoms with Crippen molar-refractivity contribution in [2.45, 2.75) is 86.9 Å². The van der Waals surface area contributed by atoms with E-state index >= 15 is 0 Å². The molecule has 9 nitrogen and oxygen atoms in total. The maximum atomic E-state index is 13.1. The summed E-state index contributed by atoms with van der Waals surface area (Å²) < 4.78 is 12.0. The van der Waals surface area contributed by atoms with E-state index in [0.717, 1.165) is 0 Å². The molecule has 5 fully saturated rings. The molecule has 1 aromatic heterocycles. The summed E-state index contributed by atoms with van der Waals surface area (Å²) in [6.07, 6.45) is 3.50. The fraction of sp³-hybridized carbons (Fsp3) is 0.708. The van der Waals surface area contributed by atoms with E-state index in [1.807, 2.05) is 0 Å². The number of aromatic amines is 1. The Kier molecular flexibility index (Phi) is 3.56. The summed E-state index contributed by atoms with van der Waals surface area (Å²) in [5, 5.41) is 61.7. The summed E-state index contributed by atoms with van der Waals surface area (Å²) >= 11 is 0. The van der Waals surface area contributed by atoms with Crippen LogP contribution in [0.1, 0.15) is 57.4 Å². The predicted molar refractivity (Wildman–Crippen MR) is 113 cm³/mol. The van der Waals surface area contributed by atoms with Gasteiger partial charge in [-0.1, -0.05) is 32.9 Å². The quantitative estimate of drug-likeness (QED) is 0.279. The van der Waals surface area contributed by atoms with Crippen LogP contribution in [0.25, 0.3) is 0 Å². The molecule has 1 aromatic rings. The maximum Gasteiger partial charge on any atom is 0.355 e. The minimum absolute atomic E-state index is 0.107. The molecule has 4 aliphatic carbocycles. The second kappa shape index (κ2) is 5.40. The van der Waals surface area contributed by atoms with Gasteiger partial charge in [-0.15, -0.1) is 0 Å². The van der Waals surface area contributed by atoms with Crippen molar-refractivity contribution in [1.82, 2.24) is 4.98 Å². The lowest BCUT2D eigenvalue weighted by Crippen LogP contribution is -2.73. The van der Waals surface area contributed by atoms with Gasteiger partial charge in [-0.25, -0.2) is 4.79 Å². The second-order valence-corrected chi connectivity index (χ2v) is 11.4. The highest BCUT2D eigenvalue weighted by atomic mass is 16.7. The average Bonchev–Trinajstić information content (AvgIpc) is 3.36. The van der Waals surface area contributed by atoms with E-state index in [4.69, 9.17) is 9.47 Å². The Hall–Kier alpha value is -1.75. The Morgan fingerprint density at radius 1 is 1.21 bits per heavy atom. The molecule has 3 heterocycles. The number of aliphatic hydroxyl groups is 5. The number of carbonyl (C=O) groups is 1. The van der Waals surface area contributed by atoms with Gasteiger partial charge in [-0.05, 0) is 37.8 Å². The molecule has 0 amide bonds. The molecule has 2 saturated heterocycles. The van der Waals surface area contributed by atoms with E-state index in [0.29, 0.717) is 6.42 Å². The number of hydrogen-bond donors (Lipinski definition) is 6. The first-order valence-electron chi connectivity index (χ1n) is 11.5. The summed E-state index contributed by atoms with van der Waals surface area (Å²) in [5.74, 6) is -3.62. The zero-order valence-corrected chi connectivity index (χ0v) is 19.1. The zero-order valence-electron chi connectivity index (χ0n) is 19.1. The lowest BCUT2D eigenvalue weighted by atomic mass is 9.52. The Bertz CT molecular complexity index is 1100. The van der Waals surface area contributed by atoms with Crippen LogP contribution in [0.5, 0.6) is 0 Å². The van der Waals surface area contributed by atoms with Crippen LogP contribution < -0.4 is 0 Å². The molecule has 9 atom stereocenters. The van der Waals surface area contributed by atoms with Gasteiger partial charge in [0.25, 0.3) is 0 Å². The van der Waals surface area contributed by atoms with Crippen molar-refractivity contribution in [3.8, 4) is 0 Å². The Morgan fingerprint density at radius 3 is 2.52 bits per heavy atom. The maximum absolute atomic E-state index is 13.1. The third-order valence-electron chi connectivity index (χ3n) is 10.4. The largest absolute Gasteiger partial charge is 0.451 e. The molecular weight excluding hydrogens is 430 g/mol. The Morgan fingerprint density at radius 2 is 1.91 bits per heavy atom. The van der Waals surface area contributed by atoms with Crippen molar-refractivity contribution in [2.75, 3.05) is 0 Å². The number of esters is 1. The van der Waals surface area contributed by atoms with Crippen LogP contribution in [0.4, 0.5) is 0 Å². The third kappa shape index (κ3) is 1.56. The highest BCUT2D eigenvalue weighted by molar-refractivity contribution is 5.87. The SMILES string of the molecule is CC(C)[C@@]1(O)[C@@H](OC(=O)c2ccc[nH]2)[C@@]2(O)[C@@]3(C)C[C@]4(O)O[C@@]5(C=CCC[C@]35O)[C@@]2(O)[C@@]14C. The van der Waals surface area contributed by atoms with Gasteiger partial charge in [-0.2, -0.15) is 0 Å². The lowest BCUT2D eigenvalue weighted by molar-refractivity contribution is -0.367. The molecule has 1 spiro atoms. The van der Waals surface area contributed by atoms with Crippen LogP contribution in [0.2, 0.25) is 0 Å². The monoisotopic (exact) mass is 461 g/mol. The number of allylic oxidation sites excluding steroid dienone is 1. The van der Waals surface area contributed by atoms with Crippen molar-refractivity contribution in [3.05, 3.63) is 36.2 Å². The minimum atomic E-state index is -2.37. The summed E-state index contributed by atoms with van der Waals surface area (Å²) in [5.41, 5.74) is -13.9. The molecular formula is C24H31NO8. The molecule has 0 unspecified atom stereocenters. The fourth-order valence-electron chi connectivity index (χ4n) is 8.88. The predicted octanol–water partition coefficient (Wildman–Crippen LogP) is 0.372. The lowest BCUT2D eigenvalue weighted by Gasteiger charge is -2.59. The first-order chi connectivity index (χ1) is 15.2. The molecule has 6 bridgehead atoms. The number of H-pyrrole nitrogens is 1. The Balaban J connectivity index is 1.69. The van der Waals surface area contributed by atoms with Crippen LogP contribution in [0, 0.1) is 16.7 Å². The van der Waals surface area contributed by atoms with Gasteiger partial charge in [0, 0.05) is 18.0 Å². The molecule has 2 aliphatic heterocycles. The number of nitrogens with one attached hydrogen (secondary N) is 1. The van der Waals surface area contributed by atoms with Gasteiger partial charge < -0.3 is 40.0 Å². The van der Waals surface area contributed by atoms with Gasteiger partial charge >= 0.3 is 5.97 Å². The highest BCUT2D eigenvalue weighted by Gasteiger charge is 3.08. The van der Waals surface area contributed by atoms with Gasteiger partial charge in [0.15, 0.2) is 17.5 Å². The summed E-state index contributed by atoms with van der Waals surface area (Å²) in [4.78, 5) is 15.8.